The molecule has 0 saturated carbocycles. The molecule has 0 unspecified atom stereocenters. The molecular weight excluding hydrogens is 548 g/mol. The zero-order valence-electron chi connectivity index (χ0n) is 24.9. The first-order valence-electron chi connectivity index (χ1n) is 15.2. The lowest BCUT2D eigenvalue weighted by atomic mass is 9.94. The number of allylic oxidation sites excluding steroid dienone is 1. The van der Waals surface area contributed by atoms with Gasteiger partial charge in [0.25, 0.3) is 0 Å². The fourth-order valence-electron chi connectivity index (χ4n) is 6.58. The average Bonchev–Trinajstić information content (AvgIpc) is 3.45. The second-order valence-corrected chi connectivity index (χ2v) is 11.2. The van der Waals surface area contributed by atoms with Crippen molar-refractivity contribution in [2.45, 2.75) is 6.92 Å². The summed E-state index contributed by atoms with van der Waals surface area (Å²) < 4.78 is 6.08. The van der Waals surface area contributed by atoms with Crippen LogP contribution in [0, 0.1) is 0 Å². The van der Waals surface area contributed by atoms with E-state index in [0.29, 0.717) is 5.88 Å². The Morgan fingerprint density at radius 2 is 1.27 bits per heavy atom. The molecule has 1 aromatic heterocycles. The number of rotatable bonds is 6. The molecule has 45 heavy (non-hydrogen) atoms. The molecule has 0 radical (unpaired) electrons. The Kier molecular flexibility index (Phi) is 6.50. The lowest BCUT2D eigenvalue weighted by Crippen LogP contribution is -2.10. The lowest BCUT2D eigenvalue weighted by molar-refractivity contribution is 0.626. The van der Waals surface area contributed by atoms with Crippen molar-refractivity contribution in [2.75, 3.05) is 4.90 Å². The highest BCUT2D eigenvalue weighted by Gasteiger charge is 2.20. The van der Waals surface area contributed by atoms with Crippen LogP contribution in [-0.2, 0) is 0 Å². The van der Waals surface area contributed by atoms with E-state index < -0.39 is 0 Å². The van der Waals surface area contributed by atoms with Gasteiger partial charge in [-0.3, -0.25) is 0 Å². The molecule has 7 aromatic carbocycles. The summed E-state index contributed by atoms with van der Waals surface area (Å²) >= 11 is 0. The molecule has 3 nitrogen and oxygen atoms in total. The lowest BCUT2D eigenvalue weighted by Gasteiger charge is -2.28. The minimum atomic E-state index is 0.530. The molecule has 0 amide bonds. The number of furan rings is 1. The maximum Gasteiger partial charge on any atom is 0.226 e. The largest absolute Gasteiger partial charge is 0.438 e. The highest BCUT2D eigenvalue weighted by atomic mass is 16.3. The van der Waals surface area contributed by atoms with Crippen LogP contribution in [0.4, 0.5) is 22.9 Å². The van der Waals surface area contributed by atoms with Crippen molar-refractivity contribution in [1.29, 1.82) is 0 Å². The molecule has 8 aromatic rings. The van der Waals surface area contributed by atoms with Crippen molar-refractivity contribution in [3.63, 3.8) is 0 Å². The van der Waals surface area contributed by atoms with Crippen molar-refractivity contribution in [3.8, 4) is 11.1 Å². The first-order chi connectivity index (χ1) is 22.2. The Balaban J connectivity index is 1.42. The van der Waals surface area contributed by atoms with Crippen molar-refractivity contribution in [2.24, 2.45) is 4.99 Å². The van der Waals surface area contributed by atoms with E-state index in [4.69, 9.17) is 4.42 Å². The van der Waals surface area contributed by atoms with E-state index in [9.17, 15) is 0 Å². The fraction of sp³-hybridized carbons (Fsp3) is 0.0238. The predicted octanol–water partition coefficient (Wildman–Crippen LogP) is 12.4. The zero-order valence-corrected chi connectivity index (χ0v) is 24.9. The molecule has 214 valence electrons. The van der Waals surface area contributed by atoms with Gasteiger partial charge in [-0.25, -0.2) is 4.99 Å². The van der Waals surface area contributed by atoms with Gasteiger partial charge in [-0.05, 0) is 88.1 Å². The van der Waals surface area contributed by atoms with Gasteiger partial charge in [-0.1, -0.05) is 115 Å². The van der Waals surface area contributed by atoms with Gasteiger partial charge in [0.2, 0.25) is 5.88 Å². The molecule has 0 atom stereocenters. The summed E-state index contributed by atoms with van der Waals surface area (Å²) in [5, 5.41) is 8.38. The summed E-state index contributed by atoms with van der Waals surface area (Å²) in [4.78, 5) is 6.53. The predicted molar refractivity (Wildman–Crippen MR) is 193 cm³/mol. The Hall–Kier alpha value is -5.93. The van der Waals surface area contributed by atoms with E-state index in [2.05, 4.69) is 150 Å². The van der Waals surface area contributed by atoms with Crippen molar-refractivity contribution in [1.82, 2.24) is 0 Å². The van der Waals surface area contributed by atoms with E-state index >= 15 is 0 Å². The van der Waals surface area contributed by atoms with Crippen molar-refractivity contribution >= 4 is 79.0 Å². The van der Waals surface area contributed by atoms with Gasteiger partial charge in [0, 0.05) is 27.7 Å². The number of fused-ring (bicyclic) bond motifs is 6. The van der Waals surface area contributed by atoms with E-state index in [-0.39, 0.29) is 0 Å². The first-order valence-corrected chi connectivity index (χ1v) is 15.2. The maximum absolute atomic E-state index is 6.08. The number of benzene rings is 7. The number of nitrogens with zero attached hydrogens (tertiary/aromatic N) is 2. The van der Waals surface area contributed by atoms with E-state index in [1.165, 1.54) is 43.4 Å². The molecule has 0 fully saturated rings. The summed E-state index contributed by atoms with van der Waals surface area (Å²) in [5.74, 6) is 0.530. The Morgan fingerprint density at radius 3 is 2.04 bits per heavy atom. The molecule has 0 N–H and O–H groups in total. The van der Waals surface area contributed by atoms with Gasteiger partial charge in [0.15, 0.2) is 0 Å². The monoisotopic (exact) mass is 578 g/mol. The minimum Gasteiger partial charge on any atom is -0.438 e. The highest BCUT2D eigenvalue weighted by molar-refractivity contribution is 6.23. The molecule has 0 aliphatic carbocycles. The summed E-state index contributed by atoms with van der Waals surface area (Å²) in [6.45, 7) is 5.75. The van der Waals surface area contributed by atoms with Crippen LogP contribution in [0.25, 0.3) is 60.5 Å². The molecule has 0 aliphatic rings. The van der Waals surface area contributed by atoms with Gasteiger partial charge in [-0.2, -0.15) is 0 Å². The molecule has 0 bridgehead atoms. The number of hydrogen-bond donors (Lipinski definition) is 0. The normalized spacial score (nSPS) is 11.7. The Morgan fingerprint density at radius 1 is 0.600 bits per heavy atom. The van der Waals surface area contributed by atoms with Gasteiger partial charge in [0.1, 0.15) is 5.58 Å². The van der Waals surface area contributed by atoms with E-state index in [1.807, 2.05) is 25.1 Å². The highest BCUT2D eigenvalue weighted by Crippen LogP contribution is 2.45. The molecule has 3 heteroatoms. The maximum atomic E-state index is 6.08. The van der Waals surface area contributed by atoms with Crippen molar-refractivity contribution < 1.29 is 4.42 Å². The molecule has 0 spiro atoms. The molecule has 0 aliphatic heterocycles. The van der Waals surface area contributed by atoms with Crippen LogP contribution < -0.4 is 4.90 Å². The summed E-state index contributed by atoms with van der Waals surface area (Å²) in [7, 11) is 0. The van der Waals surface area contributed by atoms with Gasteiger partial charge in [0.05, 0.1) is 5.69 Å². The quantitative estimate of drug-likeness (QED) is 0.145. The smallest absolute Gasteiger partial charge is 0.226 e. The van der Waals surface area contributed by atoms with Gasteiger partial charge in [-0.15, -0.1) is 0 Å². The molecule has 0 saturated heterocycles. The van der Waals surface area contributed by atoms with Crippen LogP contribution in [0.3, 0.4) is 0 Å². The standard InChI is InChI=1S/C42H30N2O/c1-3-11-37-38-27-33(24-25-40(38)45-42(37)43-2)44(32-22-20-29(21-23-32)28-12-5-4-6-13-28)39-26-31-19-18-30-14-7-8-15-34(30)41(31)36-17-10-9-16-35(36)39/h3-27H,2H2,1H3/b11-3-. The molecular formula is C42H30N2O. The summed E-state index contributed by atoms with van der Waals surface area (Å²) in [6.07, 6.45) is 4.04. The van der Waals surface area contributed by atoms with Crippen molar-refractivity contribution in [3.05, 3.63) is 151 Å². The van der Waals surface area contributed by atoms with Gasteiger partial charge < -0.3 is 9.32 Å². The van der Waals surface area contributed by atoms with Crippen LogP contribution in [-0.4, -0.2) is 6.72 Å². The second kappa shape index (κ2) is 11.0. The molecule has 8 rings (SSSR count). The van der Waals surface area contributed by atoms with Crippen LogP contribution in [0.1, 0.15) is 12.5 Å². The van der Waals surface area contributed by atoms with Gasteiger partial charge >= 0.3 is 0 Å². The third-order valence-electron chi connectivity index (χ3n) is 8.62. The van der Waals surface area contributed by atoms with Crippen LogP contribution in [0.5, 0.6) is 0 Å². The summed E-state index contributed by atoms with van der Waals surface area (Å²) in [6, 6.07) is 49.9. The van der Waals surface area contributed by atoms with E-state index in [0.717, 1.165) is 33.6 Å². The zero-order chi connectivity index (χ0) is 30.3. The van der Waals surface area contributed by atoms with Crippen LogP contribution in [0.2, 0.25) is 0 Å². The van der Waals surface area contributed by atoms with Crippen LogP contribution in [0.15, 0.2) is 155 Å². The number of anilines is 3. The minimum absolute atomic E-state index is 0.530. The Labute approximate surface area is 262 Å². The first kappa shape index (κ1) is 26.7. The number of aliphatic imine (C=N–C) groups is 1. The average molecular weight is 579 g/mol. The second-order valence-electron chi connectivity index (χ2n) is 11.2. The van der Waals surface area contributed by atoms with Crippen LogP contribution >= 0.6 is 0 Å². The topological polar surface area (TPSA) is 28.7 Å². The third-order valence-corrected chi connectivity index (χ3v) is 8.62. The SMILES string of the molecule is C=Nc1oc2ccc(N(c3ccc(-c4ccccc4)cc3)c3cc4ccc5ccccc5c4c4ccccc34)cc2c1/C=C\C. The van der Waals surface area contributed by atoms with E-state index in [1.54, 1.807) is 0 Å². The Bertz CT molecular complexity index is 2400. The summed E-state index contributed by atoms with van der Waals surface area (Å²) in [5.41, 5.74) is 7.29. The third kappa shape index (κ3) is 4.49. The fourth-order valence-corrected chi connectivity index (χ4v) is 6.58. The molecule has 1 heterocycles. The number of hydrogen-bond acceptors (Lipinski definition) is 3.